The first-order chi connectivity index (χ1) is 15.1. The van der Waals surface area contributed by atoms with E-state index >= 15 is 0 Å². The van der Waals surface area contributed by atoms with Gasteiger partial charge in [0.15, 0.2) is 0 Å². The van der Waals surface area contributed by atoms with Crippen LogP contribution in [0.1, 0.15) is 24.2 Å². The lowest BCUT2D eigenvalue weighted by Crippen LogP contribution is -2.44. The number of anilines is 1. The maximum absolute atomic E-state index is 13.4. The molecule has 0 bridgehead atoms. The molecule has 2 aromatic carbocycles. The smallest absolute Gasteiger partial charge is 0.322 e. The van der Waals surface area contributed by atoms with Crippen LogP contribution in [0.15, 0.2) is 60.8 Å². The molecule has 1 aromatic heterocycles. The molecule has 1 N–H and O–H groups in total. The molecule has 1 atom stereocenters. The van der Waals surface area contributed by atoms with Crippen LogP contribution in [-0.4, -0.2) is 42.9 Å². The van der Waals surface area contributed by atoms with Crippen LogP contribution in [0, 0.1) is 0 Å². The highest BCUT2D eigenvalue weighted by Gasteiger charge is 2.32. The minimum Gasteiger partial charge on any atom is -0.497 e. The molecule has 0 spiro atoms. The van der Waals surface area contributed by atoms with E-state index in [9.17, 15) is 4.79 Å². The first kappa shape index (κ1) is 20.7. The molecule has 0 radical (unpaired) electrons. The highest BCUT2D eigenvalue weighted by atomic mass is 16.5. The number of nitrogens with one attached hydrogen (secondary N) is 1. The van der Waals surface area contributed by atoms with Crippen LogP contribution in [0.2, 0.25) is 0 Å². The van der Waals surface area contributed by atoms with Gasteiger partial charge in [0.1, 0.15) is 17.2 Å². The van der Waals surface area contributed by atoms with Crippen molar-refractivity contribution in [2.24, 2.45) is 0 Å². The third-order valence-corrected chi connectivity index (χ3v) is 5.46. The minimum absolute atomic E-state index is 0.185. The van der Waals surface area contributed by atoms with E-state index in [0.717, 1.165) is 23.6 Å². The Balaban J connectivity index is 1.64. The molecule has 162 valence electrons. The second-order valence-electron chi connectivity index (χ2n) is 7.22. The molecule has 7 heteroatoms. The van der Waals surface area contributed by atoms with Crippen LogP contribution in [0.4, 0.5) is 10.5 Å². The van der Waals surface area contributed by atoms with Crippen molar-refractivity contribution in [3.8, 4) is 17.2 Å². The van der Waals surface area contributed by atoms with Gasteiger partial charge in [0, 0.05) is 31.0 Å². The molecule has 3 aromatic rings. The number of benzene rings is 2. The summed E-state index contributed by atoms with van der Waals surface area (Å²) in [6.07, 6.45) is 2.05. The van der Waals surface area contributed by atoms with Gasteiger partial charge >= 0.3 is 6.03 Å². The van der Waals surface area contributed by atoms with E-state index in [2.05, 4.69) is 22.1 Å². The molecular weight excluding hydrogens is 394 g/mol. The van der Waals surface area contributed by atoms with Gasteiger partial charge in [0.25, 0.3) is 0 Å². The number of ether oxygens (including phenoxy) is 3. The van der Waals surface area contributed by atoms with Crippen molar-refractivity contribution >= 4 is 11.7 Å². The fraction of sp³-hybridized carbons (Fsp3) is 0.292. The average molecular weight is 421 g/mol. The summed E-state index contributed by atoms with van der Waals surface area (Å²) in [5.41, 5.74) is 2.70. The molecule has 0 aliphatic carbocycles. The summed E-state index contributed by atoms with van der Waals surface area (Å²) in [4.78, 5) is 15.2. The molecule has 0 unspecified atom stereocenters. The number of amides is 2. The van der Waals surface area contributed by atoms with E-state index < -0.39 is 0 Å². The van der Waals surface area contributed by atoms with E-state index in [4.69, 9.17) is 14.2 Å². The van der Waals surface area contributed by atoms with Crippen molar-refractivity contribution in [3.05, 3.63) is 72.1 Å². The molecule has 7 nitrogen and oxygen atoms in total. The lowest BCUT2D eigenvalue weighted by Gasteiger charge is -2.37. The number of hydrogen-bond acceptors (Lipinski definition) is 4. The van der Waals surface area contributed by atoms with Crippen molar-refractivity contribution in [3.63, 3.8) is 0 Å². The maximum Gasteiger partial charge on any atom is 0.322 e. The van der Waals surface area contributed by atoms with Gasteiger partial charge in [-0.3, -0.25) is 0 Å². The van der Waals surface area contributed by atoms with Crippen molar-refractivity contribution < 1.29 is 19.0 Å². The fourth-order valence-electron chi connectivity index (χ4n) is 3.95. The molecule has 0 fully saturated rings. The quantitative estimate of drug-likeness (QED) is 0.635. The summed E-state index contributed by atoms with van der Waals surface area (Å²) in [6.45, 7) is 3.90. The van der Waals surface area contributed by atoms with Crippen LogP contribution in [0.5, 0.6) is 17.2 Å². The molecule has 2 amide bonds. The van der Waals surface area contributed by atoms with Crippen molar-refractivity contribution in [1.82, 2.24) is 9.47 Å². The Morgan fingerprint density at radius 1 is 1.03 bits per heavy atom. The molecule has 2 heterocycles. The third kappa shape index (κ3) is 4.17. The van der Waals surface area contributed by atoms with E-state index in [1.54, 1.807) is 32.4 Å². The number of fused-ring (bicyclic) bond motifs is 1. The normalized spacial score (nSPS) is 15.2. The molecular formula is C24H27N3O4. The van der Waals surface area contributed by atoms with Gasteiger partial charge in [-0.05, 0) is 48.9 Å². The first-order valence-corrected chi connectivity index (χ1v) is 10.3. The molecule has 1 aliphatic heterocycles. The predicted octanol–water partition coefficient (Wildman–Crippen LogP) is 4.54. The number of rotatable bonds is 6. The monoisotopic (exact) mass is 421 g/mol. The SMILES string of the molecule is CCOc1ccc([C@@H]2c3cccn3CCN2C(=O)Nc2ccc(OC)cc2OC)cc1. The van der Waals surface area contributed by atoms with E-state index in [-0.39, 0.29) is 12.1 Å². The minimum atomic E-state index is -0.205. The van der Waals surface area contributed by atoms with Crippen LogP contribution >= 0.6 is 0 Å². The number of carbonyl (C=O) groups excluding carboxylic acids is 1. The zero-order valence-electron chi connectivity index (χ0n) is 18.0. The number of urea groups is 1. The molecule has 1 aliphatic rings. The molecule has 4 rings (SSSR count). The van der Waals surface area contributed by atoms with Crippen molar-refractivity contribution in [1.29, 1.82) is 0 Å². The summed E-state index contributed by atoms with van der Waals surface area (Å²) in [7, 11) is 3.16. The van der Waals surface area contributed by atoms with E-state index in [1.807, 2.05) is 42.2 Å². The number of aromatic nitrogens is 1. The Morgan fingerprint density at radius 2 is 1.81 bits per heavy atom. The number of nitrogens with zero attached hydrogens (tertiary/aromatic N) is 2. The Labute approximate surface area is 182 Å². The summed E-state index contributed by atoms with van der Waals surface area (Å²) < 4.78 is 18.5. The van der Waals surface area contributed by atoms with Crippen molar-refractivity contribution in [2.75, 3.05) is 32.7 Å². The van der Waals surface area contributed by atoms with Gasteiger partial charge in [0.2, 0.25) is 0 Å². The number of methoxy groups -OCH3 is 2. The van der Waals surface area contributed by atoms with Crippen LogP contribution < -0.4 is 19.5 Å². The first-order valence-electron chi connectivity index (χ1n) is 10.3. The van der Waals surface area contributed by atoms with Gasteiger partial charge in [-0.2, -0.15) is 0 Å². The Morgan fingerprint density at radius 3 is 2.52 bits per heavy atom. The second kappa shape index (κ2) is 9.04. The lowest BCUT2D eigenvalue weighted by molar-refractivity contribution is 0.181. The van der Waals surface area contributed by atoms with Gasteiger partial charge in [-0.15, -0.1) is 0 Å². The van der Waals surface area contributed by atoms with Gasteiger partial charge in [-0.1, -0.05) is 12.1 Å². The summed E-state index contributed by atoms with van der Waals surface area (Å²) in [6, 6.07) is 17.0. The van der Waals surface area contributed by atoms with Crippen molar-refractivity contribution in [2.45, 2.75) is 19.5 Å². The highest BCUT2D eigenvalue weighted by molar-refractivity contribution is 5.91. The summed E-state index contributed by atoms with van der Waals surface area (Å²) >= 11 is 0. The Hall–Kier alpha value is -3.61. The average Bonchev–Trinajstić information content (AvgIpc) is 3.28. The zero-order chi connectivity index (χ0) is 21.8. The largest absolute Gasteiger partial charge is 0.497 e. The molecule has 0 saturated heterocycles. The molecule has 31 heavy (non-hydrogen) atoms. The Bertz CT molecular complexity index is 1050. The maximum atomic E-state index is 13.4. The standard InChI is InChI=1S/C24H27N3O4/c1-4-31-18-9-7-17(8-10-18)23-21-6-5-13-26(21)14-15-27(23)24(28)25-20-12-11-19(29-2)16-22(20)30-3/h5-13,16,23H,4,14-15H2,1-3H3,(H,25,28)/t23-/m1/s1. The zero-order valence-corrected chi connectivity index (χ0v) is 18.0. The fourth-order valence-corrected chi connectivity index (χ4v) is 3.95. The number of carbonyl (C=O) groups is 1. The summed E-state index contributed by atoms with van der Waals surface area (Å²) in [5.74, 6) is 2.03. The summed E-state index contributed by atoms with van der Waals surface area (Å²) in [5, 5.41) is 3.01. The third-order valence-electron chi connectivity index (χ3n) is 5.46. The van der Waals surface area contributed by atoms with Gasteiger partial charge in [0.05, 0.1) is 32.6 Å². The topological polar surface area (TPSA) is 65.0 Å². The van der Waals surface area contributed by atoms with E-state index in [0.29, 0.717) is 30.3 Å². The van der Waals surface area contributed by atoms with E-state index in [1.165, 1.54) is 0 Å². The van der Waals surface area contributed by atoms with Gasteiger partial charge < -0.3 is 29.0 Å². The molecule has 0 saturated carbocycles. The van der Waals surface area contributed by atoms with Crippen LogP contribution in [-0.2, 0) is 6.54 Å². The van der Waals surface area contributed by atoms with Crippen LogP contribution in [0.3, 0.4) is 0 Å². The lowest BCUT2D eigenvalue weighted by atomic mass is 10.00. The predicted molar refractivity (Wildman–Crippen MR) is 119 cm³/mol. The second-order valence-corrected chi connectivity index (χ2v) is 7.22. The number of hydrogen-bond donors (Lipinski definition) is 1. The van der Waals surface area contributed by atoms with Crippen LogP contribution in [0.25, 0.3) is 0 Å². The Kier molecular flexibility index (Phi) is 6.02. The highest BCUT2D eigenvalue weighted by Crippen LogP contribution is 2.35. The van der Waals surface area contributed by atoms with Gasteiger partial charge in [-0.25, -0.2) is 4.79 Å².